The van der Waals surface area contributed by atoms with Crippen molar-refractivity contribution in [2.45, 2.75) is 65.1 Å². The van der Waals surface area contributed by atoms with Gasteiger partial charge in [0.2, 0.25) is 0 Å². The van der Waals surface area contributed by atoms with E-state index in [2.05, 4.69) is 19.2 Å². The van der Waals surface area contributed by atoms with E-state index >= 15 is 0 Å². The summed E-state index contributed by atoms with van der Waals surface area (Å²) < 4.78 is 11.0. The summed E-state index contributed by atoms with van der Waals surface area (Å²) in [6, 6.07) is 0.552. The van der Waals surface area contributed by atoms with E-state index in [1.807, 2.05) is 20.8 Å². The Bertz CT molecular complexity index is 298. The fourth-order valence-corrected chi connectivity index (χ4v) is 2.26. The van der Waals surface area contributed by atoms with Gasteiger partial charge >= 0.3 is 6.09 Å². The molecule has 20 heavy (non-hydrogen) atoms. The molecule has 1 rings (SSSR count). The lowest BCUT2D eigenvalue weighted by atomic mass is 10.1. The topological polar surface area (TPSA) is 50.8 Å². The van der Waals surface area contributed by atoms with Crippen LogP contribution in [0, 0.1) is 0 Å². The van der Waals surface area contributed by atoms with Crippen LogP contribution < -0.4 is 5.32 Å². The van der Waals surface area contributed by atoms with Crippen LogP contribution in [0.1, 0.15) is 47.5 Å². The molecule has 1 aliphatic heterocycles. The number of amides is 1. The third kappa shape index (κ3) is 5.67. The van der Waals surface area contributed by atoms with Crippen molar-refractivity contribution < 1.29 is 14.3 Å². The Morgan fingerprint density at radius 3 is 2.60 bits per heavy atom. The van der Waals surface area contributed by atoms with Gasteiger partial charge in [0.25, 0.3) is 0 Å². The fourth-order valence-electron chi connectivity index (χ4n) is 2.26. The van der Waals surface area contributed by atoms with Crippen molar-refractivity contribution >= 4 is 6.09 Å². The lowest BCUT2D eigenvalue weighted by Gasteiger charge is -2.37. The number of nitrogens with one attached hydrogen (secondary N) is 1. The van der Waals surface area contributed by atoms with Gasteiger partial charge in [0.1, 0.15) is 5.60 Å². The first-order valence-corrected chi connectivity index (χ1v) is 7.68. The van der Waals surface area contributed by atoms with Crippen molar-refractivity contribution in [3.05, 3.63) is 0 Å². The molecule has 1 heterocycles. The second-order valence-electron chi connectivity index (χ2n) is 6.32. The molecule has 1 amide bonds. The minimum absolute atomic E-state index is 0.0548. The second kappa shape index (κ2) is 7.84. The molecule has 5 nitrogen and oxygen atoms in total. The second-order valence-corrected chi connectivity index (χ2v) is 6.32. The molecule has 1 atom stereocenters. The van der Waals surface area contributed by atoms with Crippen LogP contribution in [0.2, 0.25) is 0 Å². The Kier molecular flexibility index (Phi) is 6.76. The maximum absolute atomic E-state index is 12.2. The zero-order chi connectivity index (χ0) is 15.2. The largest absolute Gasteiger partial charge is 0.444 e. The predicted molar refractivity (Wildman–Crippen MR) is 79.9 cm³/mol. The fraction of sp³-hybridized carbons (Fsp3) is 0.933. The van der Waals surface area contributed by atoms with Gasteiger partial charge in [0.15, 0.2) is 0 Å². The van der Waals surface area contributed by atoms with Crippen LogP contribution >= 0.6 is 0 Å². The highest BCUT2D eigenvalue weighted by molar-refractivity contribution is 5.68. The monoisotopic (exact) mass is 286 g/mol. The molecular weight excluding hydrogens is 256 g/mol. The molecule has 0 aromatic heterocycles. The number of hydrogen-bond donors (Lipinski definition) is 1. The highest BCUT2D eigenvalue weighted by Gasteiger charge is 2.31. The summed E-state index contributed by atoms with van der Waals surface area (Å²) in [7, 11) is 0. The van der Waals surface area contributed by atoms with Crippen molar-refractivity contribution in [3.63, 3.8) is 0 Å². The lowest BCUT2D eigenvalue weighted by Crippen LogP contribution is -2.55. The maximum Gasteiger partial charge on any atom is 0.410 e. The molecule has 1 saturated heterocycles. The van der Waals surface area contributed by atoms with E-state index in [-0.39, 0.29) is 12.1 Å². The number of morpholine rings is 1. The standard InChI is InChI=1S/C15H30N2O3/c1-6-12(7-2)16-10-13-11-19-9-8-17(13)14(18)20-15(3,4)5/h12-13,16H,6-11H2,1-5H3. The first-order chi connectivity index (χ1) is 9.37. The van der Waals surface area contributed by atoms with Crippen LogP contribution in [-0.2, 0) is 9.47 Å². The SMILES string of the molecule is CCC(CC)NCC1COCCN1C(=O)OC(C)(C)C. The lowest BCUT2D eigenvalue weighted by molar-refractivity contribution is -0.0322. The maximum atomic E-state index is 12.2. The normalized spacial score (nSPS) is 20.3. The first kappa shape index (κ1) is 17.2. The minimum atomic E-state index is -0.456. The molecule has 1 fully saturated rings. The molecule has 0 saturated carbocycles. The molecule has 0 aromatic carbocycles. The van der Waals surface area contributed by atoms with Gasteiger partial charge in [-0.2, -0.15) is 0 Å². The van der Waals surface area contributed by atoms with Crippen LogP contribution in [0.15, 0.2) is 0 Å². The van der Waals surface area contributed by atoms with Crippen molar-refractivity contribution in [2.24, 2.45) is 0 Å². The molecule has 1 N–H and O–H groups in total. The Labute approximate surface area is 123 Å². The average Bonchev–Trinajstić information content (AvgIpc) is 2.38. The molecule has 0 aromatic rings. The molecule has 0 radical (unpaired) electrons. The third-order valence-electron chi connectivity index (χ3n) is 3.48. The Balaban J connectivity index is 2.55. The van der Waals surface area contributed by atoms with E-state index in [1.54, 1.807) is 4.90 Å². The number of carbonyl (C=O) groups excluding carboxylic acids is 1. The molecule has 0 bridgehead atoms. The van der Waals surface area contributed by atoms with E-state index in [1.165, 1.54) is 0 Å². The van der Waals surface area contributed by atoms with Gasteiger partial charge in [-0.3, -0.25) is 4.90 Å². The van der Waals surface area contributed by atoms with Crippen LogP contribution in [0.3, 0.4) is 0 Å². The summed E-state index contributed by atoms with van der Waals surface area (Å²) in [5.74, 6) is 0. The summed E-state index contributed by atoms with van der Waals surface area (Å²) in [6.45, 7) is 12.5. The van der Waals surface area contributed by atoms with Gasteiger partial charge in [-0.15, -0.1) is 0 Å². The van der Waals surface area contributed by atoms with Gasteiger partial charge in [-0.1, -0.05) is 13.8 Å². The Morgan fingerprint density at radius 1 is 1.40 bits per heavy atom. The van der Waals surface area contributed by atoms with E-state index in [9.17, 15) is 4.79 Å². The molecular formula is C15H30N2O3. The highest BCUT2D eigenvalue weighted by Crippen LogP contribution is 2.14. The number of rotatable bonds is 5. The predicted octanol–water partition coefficient (Wildman–Crippen LogP) is 2.40. The molecule has 1 unspecified atom stereocenters. The quantitative estimate of drug-likeness (QED) is 0.843. The number of ether oxygens (including phenoxy) is 2. The van der Waals surface area contributed by atoms with Crippen LogP contribution in [0.4, 0.5) is 4.79 Å². The van der Waals surface area contributed by atoms with Crippen molar-refractivity contribution in [2.75, 3.05) is 26.3 Å². The zero-order valence-electron chi connectivity index (χ0n) is 13.6. The van der Waals surface area contributed by atoms with E-state index < -0.39 is 5.60 Å². The summed E-state index contributed by atoms with van der Waals surface area (Å²) >= 11 is 0. The van der Waals surface area contributed by atoms with Gasteiger partial charge in [0, 0.05) is 19.1 Å². The molecule has 0 spiro atoms. The highest BCUT2D eigenvalue weighted by atomic mass is 16.6. The van der Waals surface area contributed by atoms with Crippen LogP contribution in [0.5, 0.6) is 0 Å². The van der Waals surface area contributed by atoms with Gasteiger partial charge < -0.3 is 14.8 Å². The summed E-state index contributed by atoms with van der Waals surface area (Å²) in [4.78, 5) is 14.0. The Hall–Kier alpha value is -0.810. The number of carbonyl (C=O) groups is 1. The summed E-state index contributed by atoms with van der Waals surface area (Å²) in [5.41, 5.74) is -0.456. The smallest absolute Gasteiger partial charge is 0.410 e. The van der Waals surface area contributed by atoms with Crippen LogP contribution in [-0.4, -0.2) is 55.0 Å². The Morgan fingerprint density at radius 2 is 2.05 bits per heavy atom. The third-order valence-corrected chi connectivity index (χ3v) is 3.48. The average molecular weight is 286 g/mol. The first-order valence-electron chi connectivity index (χ1n) is 7.68. The molecule has 5 heteroatoms. The van der Waals surface area contributed by atoms with Gasteiger partial charge in [0.05, 0.1) is 19.3 Å². The van der Waals surface area contributed by atoms with Crippen LogP contribution in [0.25, 0.3) is 0 Å². The zero-order valence-corrected chi connectivity index (χ0v) is 13.6. The van der Waals surface area contributed by atoms with Crippen molar-refractivity contribution in [1.82, 2.24) is 10.2 Å². The molecule has 118 valence electrons. The van der Waals surface area contributed by atoms with Crippen molar-refractivity contribution in [3.8, 4) is 0 Å². The molecule has 1 aliphatic rings. The number of hydrogen-bond acceptors (Lipinski definition) is 4. The van der Waals surface area contributed by atoms with E-state index in [0.717, 1.165) is 19.4 Å². The van der Waals surface area contributed by atoms with Crippen molar-refractivity contribution in [1.29, 1.82) is 0 Å². The van der Waals surface area contributed by atoms with Gasteiger partial charge in [-0.05, 0) is 33.6 Å². The van der Waals surface area contributed by atoms with Gasteiger partial charge in [-0.25, -0.2) is 4.79 Å². The summed E-state index contributed by atoms with van der Waals surface area (Å²) in [5, 5.41) is 3.51. The minimum Gasteiger partial charge on any atom is -0.444 e. The van der Waals surface area contributed by atoms with E-state index in [0.29, 0.717) is 25.8 Å². The summed E-state index contributed by atoms with van der Waals surface area (Å²) in [6.07, 6.45) is 1.95. The number of nitrogens with zero attached hydrogens (tertiary/aromatic N) is 1. The molecule has 0 aliphatic carbocycles. The van der Waals surface area contributed by atoms with E-state index in [4.69, 9.17) is 9.47 Å².